The monoisotopic (exact) mass is 309 g/mol. The molecule has 1 heterocycles. The van der Waals surface area contributed by atoms with Gasteiger partial charge in [-0.1, -0.05) is 0 Å². The quantitative estimate of drug-likeness (QED) is 0.649. The van der Waals surface area contributed by atoms with Gasteiger partial charge in [0.05, 0.1) is 21.5 Å². The summed E-state index contributed by atoms with van der Waals surface area (Å²) < 4.78 is 0. The van der Waals surface area contributed by atoms with E-state index in [1.807, 2.05) is 0 Å². The highest BCUT2D eigenvalue weighted by molar-refractivity contribution is 5.98. The third-order valence-electron chi connectivity index (χ3n) is 3.37. The number of nitro groups is 2. The fourth-order valence-corrected chi connectivity index (χ4v) is 2.36. The van der Waals surface area contributed by atoms with E-state index in [0.29, 0.717) is 6.42 Å². The first kappa shape index (κ1) is 15.4. The number of aliphatic carboxylic acids is 1. The molecule has 1 saturated heterocycles. The summed E-state index contributed by atoms with van der Waals surface area (Å²) in [6.45, 7) is 0.187. The van der Waals surface area contributed by atoms with Crippen LogP contribution in [0.4, 0.5) is 11.4 Å². The number of rotatable bonds is 4. The van der Waals surface area contributed by atoms with Crippen LogP contribution in [0, 0.1) is 20.2 Å². The van der Waals surface area contributed by atoms with E-state index < -0.39 is 39.1 Å². The molecule has 1 unspecified atom stereocenters. The summed E-state index contributed by atoms with van der Waals surface area (Å²) in [4.78, 5) is 44.4. The van der Waals surface area contributed by atoms with Crippen LogP contribution in [0.2, 0.25) is 0 Å². The van der Waals surface area contributed by atoms with Gasteiger partial charge in [-0.3, -0.25) is 25.0 Å². The number of carboxylic acid groups (broad SMARTS) is 1. The van der Waals surface area contributed by atoms with Crippen LogP contribution in [0.1, 0.15) is 23.2 Å². The fraction of sp³-hybridized carbons (Fsp3) is 0.333. The predicted molar refractivity (Wildman–Crippen MR) is 71.4 cm³/mol. The summed E-state index contributed by atoms with van der Waals surface area (Å²) in [7, 11) is 0. The summed E-state index contributed by atoms with van der Waals surface area (Å²) in [5, 5.41) is 30.7. The maximum Gasteiger partial charge on any atom is 0.326 e. The van der Waals surface area contributed by atoms with E-state index in [1.165, 1.54) is 0 Å². The van der Waals surface area contributed by atoms with Crippen LogP contribution in [0.5, 0.6) is 0 Å². The Hall–Kier alpha value is -3.04. The van der Waals surface area contributed by atoms with E-state index in [-0.39, 0.29) is 18.5 Å². The average Bonchev–Trinajstić information content (AvgIpc) is 2.95. The van der Waals surface area contributed by atoms with E-state index in [9.17, 15) is 29.8 Å². The van der Waals surface area contributed by atoms with Crippen molar-refractivity contribution >= 4 is 23.3 Å². The molecule has 1 atom stereocenters. The van der Waals surface area contributed by atoms with Gasteiger partial charge in [0.2, 0.25) is 0 Å². The molecule has 116 valence electrons. The molecule has 0 spiro atoms. The number of carbonyl (C=O) groups is 2. The number of carbonyl (C=O) groups excluding carboxylic acids is 1. The number of carboxylic acids is 1. The molecule has 22 heavy (non-hydrogen) atoms. The van der Waals surface area contributed by atoms with Crippen molar-refractivity contribution in [1.82, 2.24) is 4.90 Å². The van der Waals surface area contributed by atoms with Crippen LogP contribution in [0.3, 0.4) is 0 Å². The van der Waals surface area contributed by atoms with Crippen molar-refractivity contribution in [2.24, 2.45) is 0 Å². The maximum absolute atomic E-state index is 12.3. The van der Waals surface area contributed by atoms with E-state index in [0.717, 1.165) is 23.1 Å². The van der Waals surface area contributed by atoms with Crippen LogP contribution >= 0.6 is 0 Å². The summed E-state index contributed by atoms with van der Waals surface area (Å²) in [6, 6.07) is 1.54. The zero-order valence-electron chi connectivity index (χ0n) is 11.2. The van der Waals surface area contributed by atoms with Crippen molar-refractivity contribution in [2.75, 3.05) is 6.54 Å². The topological polar surface area (TPSA) is 144 Å². The lowest BCUT2D eigenvalue weighted by molar-refractivity contribution is -0.394. The Bertz CT molecular complexity index is 640. The smallest absolute Gasteiger partial charge is 0.326 e. The molecule has 0 saturated carbocycles. The van der Waals surface area contributed by atoms with E-state index in [1.54, 1.807) is 0 Å². The Balaban J connectivity index is 2.42. The van der Waals surface area contributed by atoms with Gasteiger partial charge < -0.3 is 10.0 Å². The fourth-order valence-electron chi connectivity index (χ4n) is 2.36. The third kappa shape index (κ3) is 2.85. The highest BCUT2D eigenvalue weighted by Gasteiger charge is 2.35. The molecule has 2 rings (SSSR count). The Labute approximate surface area is 123 Å². The second kappa shape index (κ2) is 5.76. The normalized spacial score (nSPS) is 17.3. The van der Waals surface area contributed by atoms with E-state index >= 15 is 0 Å². The Kier molecular flexibility index (Phi) is 4.02. The van der Waals surface area contributed by atoms with E-state index in [2.05, 4.69) is 0 Å². The highest BCUT2D eigenvalue weighted by atomic mass is 16.6. The minimum absolute atomic E-state index is 0.187. The summed E-state index contributed by atoms with van der Waals surface area (Å²) in [5.41, 5.74) is -1.46. The number of hydrogen-bond acceptors (Lipinski definition) is 6. The number of nitrogens with zero attached hydrogens (tertiary/aromatic N) is 3. The first-order valence-electron chi connectivity index (χ1n) is 6.29. The van der Waals surface area contributed by atoms with Gasteiger partial charge >= 0.3 is 5.97 Å². The van der Waals surface area contributed by atoms with Gasteiger partial charge in [-0.25, -0.2) is 4.79 Å². The zero-order valence-corrected chi connectivity index (χ0v) is 11.2. The second-order valence-electron chi connectivity index (χ2n) is 4.75. The minimum atomic E-state index is -1.18. The number of benzene rings is 1. The zero-order chi connectivity index (χ0) is 16.4. The van der Waals surface area contributed by atoms with Crippen molar-refractivity contribution in [2.45, 2.75) is 18.9 Å². The molecular weight excluding hydrogens is 298 g/mol. The van der Waals surface area contributed by atoms with Crippen molar-refractivity contribution in [3.8, 4) is 0 Å². The van der Waals surface area contributed by atoms with E-state index in [4.69, 9.17) is 5.11 Å². The van der Waals surface area contributed by atoms with Crippen molar-refractivity contribution in [3.05, 3.63) is 44.0 Å². The number of non-ortho nitro benzene ring substituents is 2. The van der Waals surface area contributed by atoms with Gasteiger partial charge in [0.1, 0.15) is 6.04 Å². The molecular formula is C12H11N3O7. The summed E-state index contributed by atoms with van der Waals surface area (Å²) in [5.74, 6) is -1.94. The average molecular weight is 309 g/mol. The first-order chi connectivity index (χ1) is 10.3. The van der Waals surface area contributed by atoms with Crippen LogP contribution in [-0.4, -0.2) is 44.3 Å². The standard InChI is InChI=1S/C12H11N3O7/c16-11(13-3-1-2-10(13)12(17)18)7-4-8(14(19)20)6-9(5-7)15(21)22/h4-6,10H,1-3H2,(H,17,18). The molecule has 0 bridgehead atoms. The molecule has 0 radical (unpaired) electrons. The van der Waals surface area contributed by atoms with Crippen LogP contribution in [0.15, 0.2) is 18.2 Å². The minimum Gasteiger partial charge on any atom is -0.480 e. The molecule has 1 aliphatic rings. The van der Waals surface area contributed by atoms with Gasteiger partial charge in [-0.2, -0.15) is 0 Å². The van der Waals surface area contributed by atoms with Gasteiger partial charge in [0.15, 0.2) is 0 Å². The second-order valence-corrected chi connectivity index (χ2v) is 4.75. The van der Waals surface area contributed by atoms with Crippen molar-refractivity contribution < 1.29 is 24.5 Å². The summed E-state index contributed by atoms with van der Waals surface area (Å²) in [6.07, 6.45) is 0.762. The van der Waals surface area contributed by atoms with Gasteiger partial charge in [0, 0.05) is 18.7 Å². The molecule has 1 aromatic rings. The third-order valence-corrected chi connectivity index (χ3v) is 3.37. The van der Waals surface area contributed by atoms with Gasteiger partial charge in [0.25, 0.3) is 17.3 Å². The molecule has 0 aromatic heterocycles. The van der Waals surface area contributed by atoms with Gasteiger partial charge in [-0.15, -0.1) is 0 Å². The highest BCUT2D eigenvalue weighted by Crippen LogP contribution is 2.26. The lowest BCUT2D eigenvalue weighted by Crippen LogP contribution is -2.40. The predicted octanol–water partition coefficient (Wildman–Crippen LogP) is 1.19. The van der Waals surface area contributed by atoms with Crippen LogP contribution in [0.25, 0.3) is 0 Å². The largest absolute Gasteiger partial charge is 0.480 e. The van der Waals surface area contributed by atoms with Crippen molar-refractivity contribution in [3.63, 3.8) is 0 Å². The first-order valence-corrected chi connectivity index (χ1v) is 6.29. The van der Waals surface area contributed by atoms with Crippen LogP contribution < -0.4 is 0 Å². The lowest BCUT2D eigenvalue weighted by atomic mass is 10.1. The molecule has 10 heteroatoms. The Morgan fingerprint density at radius 1 is 1.14 bits per heavy atom. The number of hydrogen-bond donors (Lipinski definition) is 1. The Morgan fingerprint density at radius 3 is 2.14 bits per heavy atom. The van der Waals surface area contributed by atoms with Gasteiger partial charge in [-0.05, 0) is 12.8 Å². The molecule has 10 nitrogen and oxygen atoms in total. The molecule has 1 N–H and O–H groups in total. The van der Waals surface area contributed by atoms with Crippen LogP contribution in [-0.2, 0) is 4.79 Å². The molecule has 1 fully saturated rings. The summed E-state index contributed by atoms with van der Waals surface area (Å²) >= 11 is 0. The molecule has 1 aromatic carbocycles. The lowest BCUT2D eigenvalue weighted by Gasteiger charge is -2.21. The molecule has 1 amide bonds. The molecule has 0 aliphatic carbocycles. The maximum atomic E-state index is 12.3. The SMILES string of the molecule is O=C(O)C1CCCN1C(=O)c1cc([N+](=O)[O-])cc([N+](=O)[O-])c1. The number of amides is 1. The number of nitro benzene ring substituents is 2. The van der Waals surface area contributed by atoms with Crippen molar-refractivity contribution in [1.29, 1.82) is 0 Å². The number of likely N-dealkylation sites (tertiary alicyclic amines) is 1. The molecule has 1 aliphatic heterocycles. The Morgan fingerprint density at radius 2 is 1.68 bits per heavy atom.